The predicted molar refractivity (Wildman–Crippen MR) is 60.7 cm³/mol. The molecule has 0 atom stereocenters. The summed E-state index contributed by atoms with van der Waals surface area (Å²) in [7, 11) is 0. The number of carboxylic acids is 1. The molecule has 4 nitrogen and oxygen atoms in total. The topological polar surface area (TPSA) is 55.8 Å². The van der Waals surface area contributed by atoms with Crippen LogP contribution in [0.15, 0.2) is 24.3 Å². The zero-order valence-electron chi connectivity index (χ0n) is 10.5. The van der Waals surface area contributed by atoms with Crippen molar-refractivity contribution in [2.45, 2.75) is 12.1 Å². The standard InChI is InChI=1S/C12H11F5O4/c13-11(14,12(15,16)17)7-20-5-6-21-9-4-2-1-3-8(9)10(18)19/h1-4H,5-7H2,(H,18,19). The highest BCUT2D eigenvalue weighted by molar-refractivity contribution is 5.90. The Morgan fingerprint density at radius 3 is 2.29 bits per heavy atom. The number of rotatable bonds is 7. The van der Waals surface area contributed by atoms with Gasteiger partial charge >= 0.3 is 18.1 Å². The molecular formula is C12H11F5O4. The van der Waals surface area contributed by atoms with Gasteiger partial charge in [0, 0.05) is 0 Å². The second kappa shape index (κ2) is 6.70. The van der Waals surface area contributed by atoms with E-state index < -0.39 is 31.3 Å². The molecule has 0 aliphatic carbocycles. The zero-order valence-corrected chi connectivity index (χ0v) is 10.5. The summed E-state index contributed by atoms with van der Waals surface area (Å²) in [6, 6.07) is 5.53. The fourth-order valence-corrected chi connectivity index (χ4v) is 1.26. The number of ether oxygens (including phenoxy) is 2. The second-order valence-corrected chi connectivity index (χ2v) is 3.90. The minimum absolute atomic E-state index is 0.0313. The Morgan fingerprint density at radius 1 is 1.10 bits per heavy atom. The van der Waals surface area contributed by atoms with Crippen LogP contribution in [0.4, 0.5) is 22.0 Å². The summed E-state index contributed by atoms with van der Waals surface area (Å²) in [6.45, 7) is -2.72. The molecule has 21 heavy (non-hydrogen) atoms. The van der Waals surface area contributed by atoms with Gasteiger partial charge in [-0.25, -0.2) is 4.79 Å². The molecule has 1 N–H and O–H groups in total. The van der Waals surface area contributed by atoms with Crippen LogP contribution in [0.25, 0.3) is 0 Å². The maximum absolute atomic E-state index is 12.5. The summed E-state index contributed by atoms with van der Waals surface area (Å²) in [5.74, 6) is -6.22. The average molecular weight is 314 g/mol. The average Bonchev–Trinajstić information content (AvgIpc) is 2.37. The first-order valence-corrected chi connectivity index (χ1v) is 5.62. The van der Waals surface area contributed by atoms with Gasteiger partial charge in [0.05, 0.1) is 6.61 Å². The summed E-state index contributed by atoms with van der Waals surface area (Å²) >= 11 is 0. The third-order valence-electron chi connectivity index (χ3n) is 2.30. The summed E-state index contributed by atoms with van der Waals surface area (Å²) in [5, 5.41) is 8.83. The number of halogens is 5. The van der Waals surface area contributed by atoms with Gasteiger partial charge < -0.3 is 14.6 Å². The minimum atomic E-state index is -5.68. The first-order valence-electron chi connectivity index (χ1n) is 5.62. The summed E-state index contributed by atoms with van der Waals surface area (Å²) in [5.41, 5.74) is -0.155. The van der Waals surface area contributed by atoms with Crippen molar-refractivity contribution in [3.05, 3.63) is 29.8 Å². The predicted octanol–water partition coefficient (Wildman–Crippen LogP) is 2.98. The number of aromatic carboxylic acids is 1. The second-order valence-electron chi connectivity index (χ2n) is 3.90. The fourth-order valence-electron chi connectivity index (χ4n) is 1.26. The maximum Gasteiger partial charge on any atom is 0.455 e. The molecule has 1 aromatic rings. The van der Waals surface area contributed by atoms with E-state index in [1.165, 1.54) is 24.3 Å². The largest absolute Gasteiger partial charge is 0.490 e. The molecule has 0 aliphatic heterocycles. The minimum Gasteiger partial charge on any atom is -0.490 e. The summed E-state index contributed by atoms with van der Waals surface area (Å²) in [6.07, 6.45) is -5.68. The number of para-hydroxylation sites is 1. The van der Waals surface area contributed by atoms with Crippen molar-refractivity contribution in [1.82, 2.24) is 0 Å². The van der Waals surface area contributed by atoms with Gasteiger partial charge in [-0.05, 0) is 12.1 Å². The third kappa shape index (κ3) is 4.85. The smallest absolute Gasteiger partial charge is 0.455 e. The van der Waals surface area contributed by atoms with Gasteiger partial charge in [0.15, 0.2) is 0 Å². The van der Waals surface area contributed by atoms with E-state index in [0.29, 0.717) is 0 Å². The Kier molecular flexibility index (Phi) is 5.47. The Morgan fingerprint density at radius 2 is 1.71 bits per heavy atom. The molecule has 0 bridgehead atoms. The Labute approximate surface area is 116 Å². The normalized spacial score (nSPS) is 12.2. The van der Waals surface area contributed by atoms with Crippen molar-refractivity contribution in [2.75, 3.05) is 19.8 Å². The van der Waals surface area contributed by atoms with Gasteiger partial charge in [0.2, 0.25) is 0 Å². The van der Waals surface area contributed by atoms with Crippen molar-refractivity contribution in [2.24, 2.45) is 0 Å². The summed E-state index contributed by atoms with van der Waals surface area (Å²) in [4.78, 5) is 10.8. The molecule has 0 saturated heterocycles. The van der Waals surface area contributed by atoms with Crippen LogP contribution in [0, 0.1) is 0 Å². The molecule has 0 amide bonds. The lowest BCUT2D eigenvalue weighted by molar-refractivity contribution is -0.296. The van der Waals surface area contributed by atoms with Crippen molar-refractivity contribution in [1.29, 1.82) is 0 Å². The highest BCUT2D eigenvalue weighted by atomic mass is 19.4. The van der Waals surface area contributed by atoms with E-state index in [0.717, 1.165) is 0 Å². The van der Waals surface area contributed by atoms with Crippen molar-refractivity contribution in [3.63, 3.8) is 0 Å². The highest BCUT2D eigenvalue weighted by Crippen LogP contribution is 2.35. The number of carbonyl (C=O) groups is 1. The van der Waals surface area contributed by atoms with Gasteiger partial charge in [0.1, 0.15) is 24.5 Å². The van der Waals surface area contributed by atoms with Gasteiger partial charge in [0.25, 0.3) is 0 Å². The van der Waals surface area contributed by atoms with Gasteiger partial charge in [-0.15, -0.1) is 0 Å². The number of hydrogen-bond acceptors (Lipinski definition) is 3. The Balaban J connectivity index is 2.41. The zero-order chi connectivity index (χ0) is 16.1. The third-order valence-corrected chi connectivity index (χ3v) is 2.30. The molecule has 0 heterocycles. The van der Waals surface area contributed by atoms with Crippen LogP contribution in [-0.2, 0) is 4.74 Å². The van der Waals surface area contributed by atoms with Crippen LogP contribution in [0.1, 0.15) is 10.4 Å². The van der Waals surface area contributed by atoms with E-state index in [2.05, 4.69) is 4.74 Å². The molecule has 9 heteroatoms. The molecular weight excluding hydrogens is 303 g/mol. The first kappa shape index (κ1) is 17.2. The first-order chi connectivity index (χ1) is 9.65. The van der Waals surface area contributed by atoms with E-state index in [9.17, 15) is 26.7 Å². The summed E-state index contributed by atoms with van der Waals surface area (Å²) < 4.78 is 69.6. The van der Waals surface area contributed by atoms with E-state index in [-0.39, 0.29) is 17.9 Å². The maximum atomic E-state index is 12.5. The Hall–Kier alpha value is -1.90. The SMILES string of the molecule is O=C(O)c1ccccc1OCCOCC(F)(F)C(F)(F)F. The lowest BCUT2D eigenvalue weighted by Gasteiger charge is -2.19. The number of benzene rings is 1. The molecule has 0 spiro atoms. The molecule has 0 aliphatic rings. The number of hydrogen-bond donors (Lipinski definition) is 1. The van der Waals surface area contributed by atoms with E-state index >= 15 is 0 Å². The van der Waals surface area contributed by atoms with Crippen LogP contribution in [-0.4, -0.2) is 43.0 Å². The van der Waals surface area contributed by atoms with E-state index in [1.807, 2.05) is 0 Å². The van der Waals surface area contributed by atoms with Crippen LogP contribution >= 0.6 is 0 Å². The number of alkyl halides is 5. The van der Waals surface area contributed by atoms with E-state index in [1.54, 1.807) is 0 Å². The van der Waals surface area contributed by atoms with Gasteiger partial charge in [-0.3, -0.25) is 0 Å². The molecule has 0 aromatic heterocycles. The lowest BCUT2D eigenvalue weighted by Crippen LogP contribution is -2.41. The van der Waals surface area contributed by atoms with Crippen LogP contribution in [0.3, 0.4) is 0 Å². The van der Waals surface area contributed by atoms with Gasteiger partial charge in [-0.1, -0.05) is 12.1 Å². The molecule has 0 radical (unpaired) electrons. The monoisotopic (exact) mass is 314 g/mol. The fraction of sp³-hybridized carbons (Fsp3) is 0.417. The molecule has 1 rings (SSSR count). The van der Waals surface area contributed by atoms with E-state index in [4.69, 9.17) is 9.84 Å². The quantitative estimate of drug-likeness (QED) is 0.621. The van der Waals surface area contributed by atoms with Crippen LogP contribution in [0.5, 0.6) is 5.75 Å². The van der Waals surface area contributed by atoms with Crippen LogP contribution in [0.2, 0.25) is 0 Å². The molecule has 118 valence electrons. The molecule has 0 unspecified atom stereocenters. The number of carboxylic acid groups (broad SMARTS) is 1. The van der Waals surface area contributed by atoms with Crippen molar-refractivity contribution >= 4 is 5.97 Å². The molecule has 0 saturated carbocycles. The van der Waals surface area contributed by atoms with Crippen molar-refractivity contribution < 1.29 is 41.3 Å². The molecule has 1 aromatic carbocycles. The highest BCUT2D eigenvalue weighted by Gasteiger charge is 2.57. The Bertz CT molecular complexity index is 487. The molecule has 0 fully saturated rings. The van der Waals surface area contributed by atoms with Gasteiger partial charge in [-0.2, -0.15) is 22.0 Å². The lowest BCUT2D eigenvalue weighted by atomic mass is 10.2. The van der Waals surface area contributed by atoms with Crippen molar-refractivity contribution in [3.8, 4) is 5.75 Å². The van der Waals surface area contributed by atoms with Crippen LogP contribution < -0.4 is 4.74 Å².